The van der Waals surface area contributed by atoms with Crippen LogP contribution >= 0.6 is 34.2 Å². The maximum Gasteiger partial charge on any atom is 0.138 e. The minimum Gasteiger partial charge on any atom is -0.491 e. The number of hydrogen-bond donors (Lipinski definition) is 1. The van der Waals surface area contributed by atoms with Crippen molar-refractivity contribution < 1.29 is 4.74 Å². The van der Waals surface area contributed by atoms with Crippen LogP contribution in [0.2, 0.25) is 5.02 Å². The van der Waals surface area contributed by atoms with Crippen LogP contribution in [0.4, 0.5) is 5.69 Å². The van der Waals surface area contributed by atoms with Gasteiger partial charge in [-0.2, -0.15) is 0 Å². The number of rotatable bonds is 4. The smallest absolute Gasteiger partial charge is 0.138 e. The molecule has 0 radical (unpaired) electrons. The lowest BCUT2D eigenvalue weighted by Gasteiger charge is -2.15. The summed E-state index contributed by atoms with van der Waals surface area (Å²) in [6.07, 6.45) is 2.62. The van der Waals surface area contributed by atoms with E-state index in [0.717, 1.165) is 12.3 Å². The molecule has 0 unspecified atom stereocenters. The third-order valence-corrected chi connectivity index (χ3v) is 3.12. The van der Waals surface area contributed by atoms with E-state index in [1.54, 1.807) is 12.1 Å². The van der Waals surface area contributed by atoms with Crippen LogP contribution in [-0.2, 0) is 0 Å². The molecule has 2 rings (SSSR count). The van der Waals surface area contributed by atoms with Crippen molar-refractivity contribution in [2.75, 3.05) is 36.9 Å². The van der Waals surface area contributed by atoms with Gasteiger partial charge in [-0.15, -0.1) is 0 Å². The number of nitrogens with two attached hydrogens (primary N) is 1. The standard InChI is InChI=1S/C12H17ClN2O.CH3I/c13-11-9-10(14)3-4-12(11)16-8-7-15-5-1-2-6-15;1-2/h3-4,9H,1-2,5-8,14H2;1H3. The van der Waals surface area contributed by atoms with Crippen molar-refractivity contribution in [2.24, 2.45) is 0 Å². The molecule has 0 atom stereocenters. The quantitative estimate of drug-likeness (QED) is 0.492. The Balaban J connectivity index is 0.000000771. The number of halogens is 2. The van der Waals surface area contributed by atoms with Gasteiger partial charge in [0, 0.05) is 12.2 Å². The number of nitrogens with zero attached hydrogens (tertiary/aromatic N) is 1. The minimum atomic E-state index is 0.585. The third-order valence-electron chi connectivity index (χ3n) is 2.82. The molecule has 0 aliphatic carbocycles. The molecule has 3 nitrogen and oxygen atoms in total. The molecule has 18 heavy (non-hydrogen) atoms. The Labute approximate surface area is 128 Å². The number of anilines is 1. The Bertz CT molecular complexity index is 357. The number of ether oxygens (including phenoxy) is 1. The predicted octanol–water partition coefficient (Wildman–Crippen LogP) is 3.45. The highest BCUT2D eigenvalue weighted by molar-refractivity contribution is 14.1. The van der Waals surface area contributed by atoms with Gasteiger partial charge in [0.15, 0.2) is 0 Å². The average Bonchev–Trinajstić information content (AvgIpc) is 2.88. The molecule has 0 amide bonds. The molecule has 0 spiro atoms. The van der Waals surface area contributed by atoms with E-state index in [4.69, 9.17) is 22.1 Å². The molecule has 1 fully saturated rings. The highest BCUT2D eigenvalue weighted by Gasteiger charge is 2.11. The Morgan fingerprint density at radius 1 is 1.33 bits per heavy atom. The van der Waals surface area contributed by atoms with Crippen molar-refractivity contribution in [3.8, 4) is 5.75 Å². The van der Waals surface area contributed by atoms with Crippen LogP contribution in [0.5, 0.6) is 5.75 Å². The number of nitrogen functional groups attached to an aromatic ring is 1. The molecular weight excluding hydrogens is 363 g/mol. The van der Waals surface area contributed by atoms with Gasteiger partial charge in [-0.05, 0) is 49.1 Å². The van der Waals surface area contributed by atoms with Crippen molar-refractivity contribution in [1.29, 1.82) is 0 Å². The summed E-state index contributed by atoms with van der Waals surface area (Å²) in [6.45, 7) is 4.04. The van der Waals surface area contributed by atoms with Crippen LogP contribution in [0.1, 0.15) is 12.8 Å². The third kappa shape index (κ3) is 5.20. The second kappa shape index (κ2) is 8.82. The second-order valence-corrected chi connectivity index (χ2v) is 4.49. The molecule has 5 heteroatoms. The van der Waals surface area contributed by atoms with E-state index >= 15 is 0 Å². The van der Waals surface area contributed by atoms with Crippen molar-refractivity contribution >= 4 is 39.9 Å². The van der Waals surface area contributed by atoms with Crippen LogP contribution in [0.25, 0.3) is 0 Å². The lowest BCUT2D eigenvalue weighted by Crippen LogP contribution is -2.25. The largest absolute Gasteiger partial charge is 0.491 e. The van der Waals surface area contributed by atoms with E-state index in [0.29, 0.717) is 17.3 Å². The first-order chi connectivity index (χ1) is 8.75. The van der Waals surface area contributed by atoms with Crippen LogP contribution in [0, 0.1) is 0 Å². The molecular formula is C13H20ClIN2O. The van der Waals surface area contributed by atoms with Gasteiger partial charge >= 0.3 is 0 Å². The Morgan fingerprint density at radius 2 is 2.00 bits per heavy atom. The Morgan fingerprint density at radius 3 is 2.61 bits per heavy atom. The van der Waals surface area contributed by atoms with Gasteiger partial charge in [0.05, 0.1) is 5.02 Å². The average molecular weight is 383 g/mol. The summed E-state index contributed by atoms with van der Waals surface area (Å²) in [6, 6.07) is 5.34. The summed E-state index contributed by atoms with van der Waals surface area (Å²) in [4.78, 5) is 4.38. The van der Waals surface area contributed by atoms with Crippen molar-refractivity contribution in [1.82, 2.24) is 4.90 Å². The molecule has 1 aromatic carbocycles. The molecule has 0 bridgehead atoms. The molecule has 1 heterocycles. The first kappa shape index (κ1) is 15.9. The molecule has 0 aromatic heterocycles. The van der Waals surface area contributed by atoms with Crippen LogP contribution in [-0.4, -0.2) is 36.1 Å². The Hall–Kier alpha value is -0.200. The van der Waals surface area contributed by atoms with Crippen LogP contribution in [0.3, 0.4) is 0 Å². The van der Waals surface area contributed by atoms with Gasteiger partial charge in [-0.1, -0.05) is 34.2 Å². The van der Waals surface area contributed by atoms with E-state index in [2.05, 4.69) is 27.5 Å². The Kier molecular flexibility index (Phi) is 7.77. The fraction of sp³-hybridized carbons (Fsp3) is 0.538. The van der Waals surface area contributed by atoms with Crippen LogP contribution < -0.4 is 10.5 Å². The molecule has 1 saturated heterocycles. The van der Waals surface area contributed by atoms with E-state index in [1.165, 1.54) is 25.9 Å². The molecule has 102 valence electrons. The second-order valence-electron chi connectivity index (χ2n) is 4.09. The fourth-order valence-electron chi connectivity index (χ4n) is 1.93. The first-order valence-corrected chi connectivity index (χ1v) is 8.57. The van der Waals surface area contributed by atoms with E-state index in [1.807, 2.05) is 11.0 Å². The predicted molar refractivity (Wildman–Crippen MR) is 87.0 cm³/mol. The molecule has 0 saturated carbocycles. The zero-order valence-electron chi connectivity index (χ0n) is 10.7. The zero-order chi connectivity index (χ0) is 13.4. The summed E-state index contributed by atoms with van der Waals surface area (Å²) < 4.78 is 5.62. The summed E-state index contributed by atoms with van der Waals surface area (Å²) in [5, 5.41) is 0.585. The van der Waals surface area contributed by atoms with E-state index in [9.17, 15) is 0 Å². The summed E-state index contributed by atoms with van der Waals surface area (Å²) in [7, 11) is 0. The number of benzene rings is 1. The molecule has 1 aliphatic rings. The van der Waals surface area contributed by atoms with Gasteiger partial charge in [-0.3, -0.25) is 4.90 Å². The van der Waals surface area contributed by atoms with Gasteiger partial charge in [0.25, 0.3) is 0 Å². The van der Waals surface area contributed by atoms with Crippen molar-refractivity contribution in [3.05, 3.63) is 23.2 Å². The highest BCUT2D eigenvalue weighted by Crippen LogP contribution is 2.26. The SMILES string of the molecule is CI.Nc1ccc(OCCN2CCCC2)c(Cl)c1. The fourth-order valence-corrected chi connectivity index (χ4v) is 2.17. The van der Waals surface area contributed by atoms with E-state index in [-0.39, 0.29) is 0 Å². The normalized spacial score (nSPS) is 15.1. The van der Waals surface area contributed by atoms with Gasteiger partial charge in [-0.25, -0.2) is 0 Å². The molecule has 1 aliphatic heterocycles. The summed E-state index contributed by atoms with van der Waals surface area (Å²) >= 11 is 8.16. The lowest BCUT2D eigenvalue weighted by atomic mass is 10.3. The van der Waals surface area contributed by atoms with Gasteiger partial charge < -0.3 is 10.5 Å². The number of likely N-dealkylation sites (tertiary alicyclic amines) is 1. The molecule has 2 N–H and O–H groups in total. The van der Waals surface area contributed by atoms with Crippen molar-refractivity contribution in [2.45, 2.75) is 12.8 Å². The van der Waals surface area contributed by atoms with Gasteiger partial charge in [0.1, 0.15) is 12.4 Å². The van der Waals surface area contributed by atoms with Crippen molar-refractivity contribution in [3.63, 3.8) is 0 Å². The molecule has 1 aromatic rings. The van der Waals surface area contributed by atoms with Crippen LogP contribution in [0.15, 0.2) is 18.2 Å². The minimum absolute atomic E-state index is 0.585. The number of hydrogen-bond acceptors (Lipinski definition) is 3. The number of alkyl halides is 1. The highest BCUT2D eigenvalue weighted by atomic mass is 127. The zero-order valence-corrected chi connectivity index (χ0v) is 13.6. The maximum atomic E-state index is 6.01. The topological polar surface area (TPSA) is 38.5 Å². The van der Waals surface area contributed by atoms with E-state index < -0.39 is 0 Å². The maximum absolute atomic E-state index is 6.01. The summed E-state index contributed by atoms with van der Waals surface area (Å²) in [5.41, 5.74) is 6.27. The summed E-state index contributed by atoms with van der Waals surface area (Å²) in [5.74, 6) is 0.718. The monoisotopic (exact) mass is 382 g/mol. The van der Waals surface area contributed by atoms with Gasteiger partial charge in [0.2, 0.25) is 0 Å². The first-order valence-electron chi connectivity index (χ1n) is 6.04. The lowest BCUT2D eigenvalue weighted by molar-refractivity contribution is 0.238.